The van der Waals surface area contributed by atoms with Gasteiger partial charge in [0, 0.05) is 36.8 Å². The fraction of sp³-hybridized carbons (Fsp3) is 0.333. The van der Waals surface area contributed by atoms with E-state index in [0.29, 0.717) is 22.2 Å². The van der Waals surface area contributed by atoms with Crippen LogP contribution in [0.3, 0.4) is 0 Å². The number of methoxy groups -OCH3 is 1. The first kappa shape index (κ1) is 32.4. The van der Waals surface area contributed by atoms with E-state index in [-0.39, 0.29) is 41.1 Å². The van der Waals surface area contributed by atoms with Crippen molar-refractivity contribution in [2.75, 3.05) is 26.0 Å². The molecule has 1 fully saturated rings. The van der Waals surface area contributed by atoms with Crippen LogP contribution in [-0.2, 0) is 30.6 Å². The fourth-order valence-electron chi connectivity index (χ4n) is 4.89. The highest BCUT2D eigenvalue weighted by Gasteiger charge is 2.37. The SMILES string of the molecule is COCCS(=O)(=O)C(C(=O)NCC(=O)NC1CC1)c1nc2cc(F)c(-c3ccc(C(=O)CCCc4ccccc4)cc3)cc2s1. The van der Waals surface area contributed by atoms with Crippen molar-refractivity contribution in [1.82, 2.24) is 15.6 Å². The van der Waals surface area contributed by atoms with Gasteiger partial charge in [-0.15, -0.1) is 11.3 Å². The number of benzene rings is 3. The average molecular weight is 652 g/mol. The molecule has 0 saturated heterocycles. The lowest BCUT2D eigenvalue weighted by molar-refractivity contribution is -0.126. The lowest BCUT2D eigenvalue weighted by atomic mass is 9.99. The molecular weight excluding hydrogens is 618 g/mol. The maximum Gasteiger partial charge on any atom is 0.245 e. The normalized spacial score (nSPS) is 13.8. The van der Waals surface area contributed by atoms with Crippen molar-refractivity contribution in [3.63, 3.8) is 0 Å². The molecule has 45 heavy (non-hydrogen) atoms. The number of carbonyl (C=O) groups excluding carboxylic acids is 3. The summed E-state index contributed by atoms with van der Waals surface area (Å²) in [5.41, 5.74) is 2.70. The first-order valence-corrected chi connectivity index (χ1v) is 17.2. The minimum absolute atomic E-state index is 0.00419. The Hall–Kier alpha value is -4.00. The number of hydrogen-bond donors (Lipinski definition) is 2. The zero-order valence-corrected chi connectivity index (χ0v) is 26.4. The van der Waals surface area contributed by atoms with Crippen LogP contribution in [0.5, 0.6) is 0 Å². The van der Waals surface area contributed by atoms with Crippen molar-refractivity contribution in [3.05, 3.63) is 88.7 Å². The van der Waals surface area contributed by atoms with E-state index in [0.717, 1.165) is 37.0 Å². The molecule has 9 nitrogen and oxygen atoms in total. The van der Waals surface area contributed by atoms with E-state index in [9.17, 15) is 22.8 Å². The van der Waals surface area contributed by atoms with Crippen LogP contribution in [0.4, 0.5) is 4.39 Å². The van der Waals surface area contributed by atoms with Crippen molar-refractivity contribution in [1.29, 1.82) is 0 Å². The third kappa shape index (κ3) is 8.38. The first-order valence-electron chi connectivity index (χ1n) is 14.7. The zero-order valence-electron chi connectivity index (χ0n) is 24.8. The van der Waals surface area contributed by atoms with Crippen molar-refractivity contribution in [2.24, 2.45) is 0 Å². The van der Waals surface area contributed by atoms with Crippen LogP contribution < -0.4 is 10.6 Å². The van der Waals surface area contributed by atoms with Gasteiger partial charge in [0.25, 0.3) is 0 Å². The number of rotatable bonds is 15. The summed E-state index contributed by atoms with van der Waals surface area (Å²) in [7, 11) is -2.75. The number of thiazole rings is 1. The number of nitrogens with zero attached hydrogens (tertiary/aromatic N) is 1. The molecule has 1 aromatic heterocycles. The Balaban J connectivity index is 1.33. The van der Waals surface area contributed by atoms with E-state index in [1.54, 1.807) is 30.3 Å². The van der Waals surface area contributed by atoms with Gasteiger partial charge in [-0.25, -0.2) is 17.8 Å². The van der Waals surface area contributed by atoms with Crippen LogP contribution in [0.15, 0.2) is 66.7 Å². The van der Waals surface area contributed by atoms with Crippen molar-refractivity contribution < 1.29 is 31.9 Å². The summed E-state index contributed by atoms with van der Waals surface area (Å²) >= 11 is 0.968. The molecule has 12 heteroatoms. The molecule has 2 amide bonds. The van der Waals surface area contributed by atoms with Gasteiger partial charge in [-0.3, -0.25) is 14.4 Å². The molecule has 0 bridgehead atoms. The largest absolute Gasteiger partial charge is 0.384 e. The number of carbonyl (C=O) groups is 3. The summed E-state index contributed by atoms with van der Waals surface area (Å²) in [6.45, 7) is -0.510. The number of amides is 2. The molecule has 1 saturated carbocycles. The number of nitrogens with one attached hydrogen (secondary N) is 2. The second-order valence-electron chi connectivity index (χ2n) is 11.0. The topological polar surface area (TPSA) is 132 Å². The molecule has 0 aliphatic heterocycles. The molecule has 236 valence electrons. The smallest absolute Gasteiger partial charge is 0.245 e. The highest BCUT2D eigenvalue weighted by molar-refractivity contribution is 7.92. The molecule has 5 rings (SSSR count). The van der Waals surface area contributed by atoms with E-state index in [2.05, 4.69) is 15.6 Å². The molecule has 0 radical (unpaired) electrons. The lowest BCUT2D eigenvalue weighted by Crippen LogP contribution is -2.41. The van der Waals surface area contributed by atoms with E-state index in [1.165, 1.54) is 18.7 Å². The number of Topliss-reactive ketones (excluding diaryl/α,β-unsaturated/α-hetero) is 1. The Morgan fingerprint density at radius 3 is 2.49 bits per heavy atom. The minimum Gasteiger partial charge on any atom is -0.384 e. The third-order valence-corrected chi connectivity index (χ3v) is 10.6. The molecule has 4 aromatic rings. The number of aromatic nitrogens is 1. The van der Waals surface area contributed by atoms with Crippen LogP contribution in [0, 0.1) is 5.82 Å². The van der Waals surface area contributed by atoms with E-state index in [4.69, 9.17) is 4.74 Å². The molecule has 1 unspecified atom stereocenters. The number of halogens is 1. The lowest BCUT2D eigenvalue weighted by Gasteiger charge is -2.15. The molecule has 1 aliphatic carbocycles. The molecule has 1 aliphatic rings. The van der Waals surface area contributed by atoms with Crippen molar-refractivity contribution in [2.45, 2.75) is 43.4 Å². The Morgan fingerprint density at radius 1 is 1.07 bits per heavy atom. The van der Waals surface area contributed by atoms with E-state index >= 15 is 4.39 Å². The summed E-state index contributed by atoms with van der Waals surface area (Å²) < 4.78 is 47.2. The Morgan fingerprint density at radius 2 is 1.80 bits per heavy atom. The van der Waals surface area contributed by atoms with Crippen LogP contribution in [0.2, 0.25) is 0 Å². The summed E-state index contributed by atoms with van der Waals surface area (Å²) in [6.07, 6.45) is 3.66. The minimum atomic E-state index is -4.10. The maximum absolute atomic E-state index is 15.3. The van der Waals surface area contributed by atoms with Crippen LogP contribution in [-0.4, -0.2) is 63.1 Å². The van der Waals surface area contributed by atoms with Crippen LogP contribution in [0.1, 0.15) is 51.9 Å². The molecule has 2 N–H and O–H groups in total. The van der Waals surface area contributed by atoms with E-state index < -0.39 is 38.5 Å². The standard InChI is InChI=1S/C33H34FN3O6S2/c1-43-16-17-45(41,42)31(32(40)35-20-30(39)36-24-14-15-24)33-37-27-19-26(34)25(18-29(27)44-33)22-10-12-23(13-11-22)28(38)9-5-8-21-6-3-2-4-7-21/h2-4,6-7,10-13,18-19,24,31H,5,8-9,14-17,20H2,1H3,(H,35,40)(H,36,39). The summed E-state index contributed by atoms with van der Waals surface area (Å²) in [4.78, 5) is 42.4. The van der Waals surface area contributed by atoms with Gasteiger partial charge < -0.3 is 15.4 Å². The third-order valence-electron chi connectivity index (χ3n) is 7.48. The van der Waals surface area contributed by atoms with E-state index in [1.807, 2.05) is 30.3 Å². The first-order chi connectivity index (χ1) is 21.6. The number of ketones is 1. The van der Waals surface area contributed by atoms with Gasteiger partial charge in [0.05, 0.1) is 29.1 Å². The molecule has 1 heterocycles. The summed E-state index contributed by atoms with van der Waals surface area (Å²) in [6, 6.07) is 19.5. The summed E-state index contributed by atoms with van der Waals surface area (Å²) in [5.74, 6) is -2.32. The van der Waals surface area contributed by atoms with Gasteiger partial charge in [0.1, 0.15) is 10.8 Å². The highest BCUT2D eigenvalue weighted by atomic mass is 32.2. The molecule has 3 aromatic carbocycles. The predicted octanol–water partition coefficient (Wildman–Crippen LogP) is 4.81. The fourth-order valence-corrected chi connectivity index (χ4v) is 7.85. The quantitative estimate of drug-likeness (QED) is 0.177. The van der Waals surface area contributed by atoms with Gasteiger partial charge in [0.2, 0.25) is 11.8 Å². The zero-order chi connectivity index (χ0) is 32.0. The number of sulfone groups is 1. The molecule has 0 spiro atoms. The van der Waals surface area contributed by atoms with Crippen LogP contribution >= 0.6 is 11.3 Å². The van der Waals surface area contributed by atoms with Gasteiger partial charge in [-0.05, 0) is 42.9 Å². The number of hydrogen-bond acceptors (Lipinski definition) is 8. The predicted molar refractivity (Wildman–Crippen MR) is 171 cm³/mol. The number of ether oxygens (including phenoxy) is 1. The second kappa shape index (κ2) is 14.4. The Kier molecular flexibility index (Phi) is 10.4. The second-order valence-corrected chi connectivity index (χ2v) is 14.3. The number of fused-ring (bicyclic) bond motifs is 1. The van der Waals surface area contributed by atoms with Crippen molar-refractivity contribution in [3.8, 4) is 11.1 Å². The monoisotopic (exact) mass is 651 g/mol. The van der Waals surface area contributed by atoms with Gasteiger partial charge in [0.15, 0.2) is 20.9 Å². The molecular formula is C33H34FN3O6S2. The highest BCUT2D eigenvalue weighted by Crippen LogP contribution is 2.35. The Labute approximate surface area is 265 Å². The van der Waals surface area contributed by atoms with Crippen molar-refractivity contribution >= 4 is 49.0 Å². The van der Waals surface area contributed by atoms with Gasteiger partial charge in [-0.1, -0.05) is 54.6 Å². The van der Waals surface area contributed by atoms with Gasteiger partial charge in [-0.2, -0.15) is 0 Å². The van der Waals surface area contributed by atoms with Crippen LogP contribution in [0.25, 0.3) is 21.3 Å². The number of aryl methyl sites for hydroxylation is 1. The van der Waals surface area contributed by atoms with Gasteiger partial charge >= 0.3 is 0 Å². The maximum atomic E-state index is 15.3. The summed E-state index contributed by atoms with van der Waals surface area (Å²) in [5, 5.41) is 3.43. The Bertz CT molecular complexity index is 1790. The molecule has 1 atom stereocenters. The average Bonchev–Trinajstić information content (AvgIpc) is 3.75.